The zero-order valence-corrected chi connectivity index (χ0v) is 11.1. The molecule has 1 aromatic carbocycles. The fraction of sp³-hybridized carbons (Fsp3) is 0.357. The monoisotopic (exact) mass is 261 g/mol. The predicted octanol–water partition coefficient (Wildman–Crippen LogP) is 1.54. The van der Waals surface area contributed by atoms with Crippen molar-refractivity contribution in [3.8, 4) is 0 Å². The largest absolute Gasteiger partial charge is 0.480 e. The summed E-state index contributed by atoms with van der Waals surface area (Å²) in [5, 5.41) is 13.2. The van der Waals surface area contributed by atoms with Gasteiger partial charge in [-0.15, -0.1) is 0 Å². The van der Waals surface area contributed by atoms with Gasteiger partial charge in [-0.05, 0) is 32.0 Å². The van der Waals surface area contributed by atoms with Gasteiger partial charge in [0, 0.05) is 22.6 Å². The second-order valence-electron chi connectivity index (χ2n) is 4.73. The fourth-order valence-corrected chi connectivity index (χ4v) is 2.48. The first-order valence-electron chi connectivity index (χ1n) is 6.27. The van der Waals surface area contributed by atoms with E-state index in [0.717, 1.165) is 22.2 Å². The number of nitrogens with one attached hydrogen (secondary N) is 2. The molecule has 1 heterocycles. The molecule has 5 N–H and O–H groups in total. The van der Waals surface area contributed by atoms with Crippen molar-refractivity contribution < 1.29 is 9.90 Å². The van der Waals surface area contributed by atoms with Gasteiger partial charge in [-0.3, -0.25) is 4.79 Å². The standard InChI is InChI=1S/C14H19N3O2/c1-8-13(9-5-3-4-6-11(9)17-8)12(16-2)7-10(15)14(18)19/h3-6,10,12,16-17H,7,15H2,1-2H3,(H,18,19). The molecule has 19 heavy (non-hydrogen) atoms. The number of aliphatic carboxylic acids is 1. The number of aryl methyl sites for hydroxylation is 1. The highest BCUT2D eigenvalue weighted by atomic mass is 16.4. The van der Waals surface area contributed by atoms with Crippen LogP contribution in [-0.4, -0.2) is 29.1 Å². The smallest absolute Gasteiger partial charge is 0.320 e. The maximum atomic E-state index is 10.9. The Morgan fingerprint density at radius 3 is 2.79 bits per heavy atom. The first-order valence-corrected chi connectivity index (χ1v) is 6.27. The fourth-order valence-electron chi connectivity index (χ4n) is 2.48. The van der Waals surface area contributed by atoms with Crippen molar-refractivity contribution in [1.29, 1.82) is 0 Å². The number of carbonyl (C=O) groups is 1. The van der Waals surface area contributed by atoms with Crippen LogP contribution in [0, 0.1) is 6.92 Å². The van der Waals surface area contributed by atoms with Gasteiger partial charge in [-0.25, -0.2) is 0 Å². The number of para-hydroxylation sites is 1. The van der Waals surface area contributed by atoms with Crippen LogP contribution >= 0.6 is 0 Å². The minimum atomic E-state index is -0.974. The van der Waals surface area contributed by atoms with Gasteiger partial charge in [0.15, 0.2) is 0 Å². The van der Waals surface area contributed by atoms with E-state index in [2.05, 4.69) is 10.3 Å². The van der Waals surface area contributed by atoms with Gasteiger partial charge >= 0.3 is 5.97 Å². The maximum Gasteiger partial charge on any atom is 0.320 e. The first-order chi connectivity index (χ1) is 9.04. The predicted molar refractivity (Wildman–Crippen MR) is 75.1 cm³/mol. The van der Waals surface area contributed by atoms with Gasteiger partial charge in [-0.1, -0.05) is 18.2 Å². The second kappa shape index (κ2) is 5.42. The molecule has 5 nitrogen and oxygen atoms in total. The first kappa shape index (κ1) is 13.6. The molecule has 2 atom stereocenters. The molecule has 2 aromatic rings. The molecule has 0 amide bonds. The van der Waals surface area contributed by atoms with Gasteiger partial charge in [0.25, 0.3) is 0 Å². The number of benzene rings is 1. The third-order valence-corrected chi connectivity index (χ3v) is 3.45. The van der Waals surface area contributed by atoms with Gasteiger partial charge in [0.1, 0.15) is 6.04 Å². The Morgan fingerprint density at radius 2 is 2.16 bits per heavy atom. The van der Waals surface area contributed by atoms with E-state index in [4.69, 9.17) is 10.8 Å². The minimum Gasteiger partial charge on any atom is -0.480 e. The maximum absolute atomic E-state index is 10.9. The molecule has 0 fully saturated rings. The third-order valence-electron chi connectivity index (χ3n) is 3.45. The number of aromatic amines is 1. The highest BCUT2D eigenvalue weighted by Crippen LogP contribution is 2.29. The number of nitrogens with two attached hydrogens (primary N) is 1. The van der Waals surface area contributed by atoms with Crippen molar-refractivity contribution >= 4 is 16.9 Å². The van der Waals surface area contributed by atoms with Gasteiger partial charge in [-0.2, -0.15) is 0 Å². The summed E-state index contributed by atoms with van der Waals surface area (Å²) in [6.07, 6.45) is 0.356. The Kier molecular flexibility index (Phi) is 3.87. The molecular formula is C14H19N3O2. The Labute approximate surface area is 111 Å². The number of aromatic nitrogens is 1. The Morgan fingerprint density at radius 1 is 1.47 bits per heavy atom. The van der Waals surface area contributed by atoms with Crippen LogP contribution in [0.25, 0.3) is 10.9 Å². The summed E-state index contributed by atoms with van der Waals surface area (Å²) in [6.45, 7) is 1.99. The topological polar surface area (TPSA) is 91.1 Å². The van der Waals surface area contributed by atoms with Gasteiger partial charge in [0.2, 0.25) is 0 Å². The summed E-state index contributed by atoms with van der Waals surface area (Å²) in [5.41, 5.74) is 8.83. The van der Waals surface area contributed by atoms with Crippen molar-refractivity contribution in [2.24, 2.45) is 5.73 Å². The highest BCUT2D eigenvalue weighted by molar-refractivity contribution is 5.85. The van der Waals surface area contributed by atoms with E-state index in [9.17, 15) is 4.79 Å². The molecule has 0 radical (unpaired) electrons. The molecule has 0 bridgehead atoms. The summed E-state index contributed by atoms with van der Waals surface area (Å²) >= 11 is 0. The lowest BCUT2D eigenvalue weighted by molar-refractivity contribution is -0.138. The van der Waals surface area contributed by atoms with Crippen LogP contribution in [0.4, 0.5) is 0 Å². The van der Waals surface area contributed by atoms with Crippen LogP contribution in [0.15, 0.2) is 24.3 Å². The quantitative estimate of drug-likeness (QED) is 0.657. The number of H-pyrrole nitrogens is 1. The molecule has 2 unspecified atom stereocenters. The Hall–Kier alpha value is -1.85. The summed E-state index contributed by atoms with van der Waals surface area (Å²) in [4.78, 5) is 14.2. The van der Waals surface area contributed by atoms with Crippen LogP contribution in [0.2, 0.25) is 0 Å². The van der Waals surface area contributed by atoms with Crippen molar-refractivity contribution in [1.82, 2.24) is 10.3 Å². The van der Waals surface area contributed by atoms with E-state index in [-0.39, 0.29) is 6.04 Å². The van der Waals surface area contributed by atoms with Crippen LogP contribution < -0.4 is 11.1 Å². The zero-order chi connectivity index (χ0) is 14.0. The number of hydrogen-bond acceptors (Lipinski definition) is 3. The molecule has 102 valence electrons. The van der Waals surface area contributed by atoms with E-state index >= 15 is 0 Å². The molecular weight excluding hydrogens is 242 g/mol. The molecule has 0 saturated carbocycles. The molecule has 0 saturated heterocycles. The van der Waals surface area contributed by atoms with Gasteiger partial charge < -0.3 is 21.1 Å². The molecule has 2 rings (SSSR count). The number of rotatable bonds is 5. The number of carboxylic acids is 1. The van der Waals surface area contributed by atoms with Crippen molar-refractivity contribution in [2.75, 3.05) is 7.05 Å². The average Bonchev–Trinajstić information content (AvgIpc) is 2.71. The summed E-state index contributed by atoms with van der Waals surface area (Å²) in [6, 6.07) is 7.04. The SMILES string of the molecule is CNC(CC(N)C(=O)O)c1c(C)[nH]c2ccccc12. The Bertz CT molecular complexity index is 591. The van der Waals surface area contributed by atoms with E-state index in [1.807, 2.05) is 38.2 Å². The lowest BCUT2D eigenvalue weighted by Gasteiger charge is -2.19. The van der Waals surface area contributed by atoms with Crippen molar-refractivity contribution in [2.45, 2.75) is 25.4 Å². The Balaban J connectivity index is 2.40. The molecule has 0 aliphatic carbocycles. The minimum absolute atomic E-state index is 0.0813. The highest BCUT2D eigenvalue weighted by Gasteiger charge is 2.22. The van der Waals surface area contributed by atoms with E-state index in [1.165, 1.54) is 0 Å². The number of carboxylic acid groups (broad SMARTS) is 1. The zero-order valence-electron chi connectivity index (χ0n) is 11.1. The third kappa shape index (κ3) is 2.62. The summed E-state index contributed by atoms with van der Waals surface area (Å²) in [5.74, 6) is -0.974. The molecule has 1 aromatic heterocycles. The van der Waals surface area contributed by atoms with Crippen molar-refractivity contribution in [3.63, 3.8) is 0 Å². The van der Waals surface area contributed by atoms with Gasteiger partial charge in [0.05, 0.1) is 0 Å². The van der Waals surface area contributed by atoms with Crippen LogP contribution in [0.1, 0.15) is 23.7 Å². The number of hydrogen-bond donors (Lipinski definition) is 4. The van der Waals surface area contributed by atoms with Crippen molar-refractivity contribution in [3.05, 3.63) is 35.5 Å². The van der Waals surface area contributed by atoms with E-state index in [1.54, 1.807) is 0 Å². The molecule has 5 heteroatoms. The van der Waals surface area contributed by atoms with E-state index in [0.29, 0.717) is 6.42 Å². The van der Waals surface area contributed by atoms with Crippen LogP contribution in [0.3, 0.4) is 0 Å². The molecule has 0 aliphatic rings. The number of fused-ring (bicyclic) bond motifs is 1. The lowest BCUT2D eigenvalue weighted by Crippen LogP contribution is -2.34. The summed E-state index contributed by atoms with van der Waals surface area (Å²) in [7, 11) is 1.82. The average molecular weight is 261 g/mol. The lowest BCUT2D eigenvalue weighted by atomic mass is 9.97. The molecule has 0 aliphatic heterocycles. The summed E-state index contributed by atoms with van der Waals surface area (Å²) < 4.78 is 0. The second-order valence-corrected chi connectivity index (χ2v) is 4.73. The van der Waals surface area contributed by atoms with E-state index < -0.39 is 12.0 Å². The van der Waals surface area contributed by atoms with Crippen LogP contribution in [-0.2, 0) is 4.79 Å². The van der Waals surface area contributed by atoms with Crippen LogP contribution in [0.5, 0.6) is 0 Å². The normalized spacial score (nSPS) is 14.5. The molecule has 0 spiro atoms.